The highest BCUT2D eigenvalue weighted by atomic mass is 35.5. The van der Waals surface area contributed by atoms with Gasteiger partial charge >= 0.3 is 0 Å². The Hall–Kier alpha value is -3.97. The fourth-order valence-corrected chi connectivity index (χ4v) is 3.83. The molecule has 2 aromatic carbocycles. The number of aryl methyl sites for hydroxylation is 1. The summed E-state index contributed by atoms with van der Waals surface area (Å²) >= 11 is 6.44. The van der Waals surface area contributed by atoms with E-state index in [1.807, 2.05) is 24.3 Å². The number of ketones is 1. The molecule has 0 aliphatic rings. The number of aromatic amines is 1. The monoisotopic (exact) mass is 433 g/mol. The highest BCUT2D eigenvalue weighted by Gasteiger charge is 2.32. The number of fused-ring (bicyclic) bond motifs is 1. The maximum absolute atomic E-state index is 13.3. The van der Waals surface area contributed by atoms with Crippen LogP contribution in [0.5, 0.6) is 11.6 Å². The molecule has 0 bridgehead atoms. The van der Waals surface area contributed by atoms with Crippen LogP contribution in [0, 0.1) is 6.92 Å². The summed E-state index contributed by atoms with van der Waals surface area (Å²) in [5, 5.41) is 22.0. The molecule has 5 rings (SSSR count). The van der Waals surface area contributed by atoms with Crippen LogP contribution in [0.25, 0.3) is 28.2 Å². The van der Waals surface area contributed by atoms with E-state index in [9.17, 15) is 15.0 Å². The lowest BCUT2D eigenvalue weighted by Gasteiger charge is -2.10. The van der Waals surface area contributed by atoms with Gasteiger partial charge in [-0.1, -0.05) is 41.9 Å². The van der Waals surface area contributed by atoms with Crippen molar-refractivity contribution in [3.63, 3.8) is 0 Å². The Labute approximate surface area is 181 Å². The topological polar surface area (TPSA) is 104 Å². The van der Waals surface area contributed by atoms with Gasteiger partial charge in [0, 0.05) is 10.6 Å². The van der Waals surface area contributed by atoms with Crippen LogP contribution in [0.3, 0.4) is 0 Å². The van der Waals surface area contributed by atoms with Crippen LogP contribution in [0.2, 0.25) is 5.02 Å². The number of halogens is 1. The Morgan fingerprint density at radius 2 is 1.81 bits per heavy atom. The molecule has 0 spiro atoms. The highest BCUT2D eigenvalue weighted by molar-refractivity contribution is 6.33. The van der Waals surface area contributed by atoms with Gasteiger partial charge in [-0.25, -0.2) is 9.55 Å². The van der Waals surface area contributed by atoms with Crippen LogP contribution in [-0.2, 0) is 0 Å². The lowest BCUT2D eigenvalue weighted by molar-refractivity contribution is 0.101. The third-order valence-corrected chi connectivity index (χ3v) is 5.36. The maximum Gasteiger partial charge on any atom is 0.242 e. The van der Waals surface area contributed by atoms with E-state index in [0.717, 1.165) is 5.52 Å². The Bertz CT molecular complexity index is 1430. The van der Waals surface area contributed by atoms with Crippen LogP contribution in [0.1, 0.15) is 21.9 Å². The van der Waals surface area contributed by atoms with Gasteiger partial charge in [0.1, 0.15) is 5.76 Å². The van der Waals surface area contributed by atoms with Crippen molar-refractivity contribution in [3.8, 4) is 28.8 Å². The summed E-state index contributed by atoms with van der Waals surface area (Å²) in [5.74, 6) is -0.926. The quantitative estimate of drug-likeness (QED) is 0.337. The Balaban J connectivity index is 1.84. The second kappa shape index (κ2) is 7.07. The first-order valence-electron chi connectivity index (χ1n) is 9.43. The predicted molar refractivity (Wildman–Crippen MR) is 116 cm³/mol. The van der Waals surface area contributed by atoms with Crippen LogP contribution in [-0.4, -0.2) is 30.5 Å². The zero-order valence-electron chi connectivity index (χ0n) is 16.3. The summed E-state index contributed by atoms with van der Waals surface area (Å²) in [6.45, 7) is 1.71. The standard InChI is InChI=1S/C23H16ClN3O4/c1-12-10-11-17(31-12)20(28)18-19(13-6-2-3-7-14(13)24)27(22(30)21(18)29)23-25-15-8-4-5-9-16(15)26-23/h2-11,29-30H,1H3,(H,25,26). The number of rotatable bonds is 4. The molecule has 31 heavy (non-hydrogen) atoms. The number of aromatic nitrogens is 3. The summed E-state index contributed by atoms with van der Waals surface area (Å²) in [6, 6.07) is 17.3. The minimum Gasteiger partial charge on any atom is -0.503 e. The third-order valence-electron chi connectivity index (χ3n) is 5.03. The Kier molecular flexibility index (Phi) is 4.34. The van der Waals surface area contributed by atoms with Crippen LogP contribution >= 0.6 is 11.6 Å². The molecule has 3 aromatic heterocycles. The largest absolute Gasteiger partial charge is 0.503 e. The summed E-state index contributed by atoms with van der Waals surface area (Å²) in [6.07, 6.45) is 0. The zero-order valence-corrected chi connectivity index (χ0v) is 17.0. The maximum atomic E-state index is 13.3. The average molecular weight is 434 g/mol. The van der Waals surface area contributed by atoms with E-state index >= 15 is 0 Å². The first kappa shape index (κ1) is 19.0. The van der Waals surface area contributed by atoms with E-state index in [4.69, 9.17) is 16.0 Å². The van der Waals surface area contributed by atoms with Gasteiger partial charge in [0.2, 0.25) is 17.6 Å². The highest BCUT2D eigenvalue weighted by Crippen LogP contribution is 2.45. The van der Waals surface area contributed by atoms with Crippen molar-refractivity contribution in [1.82, 2.24) is 14.5 Å². The van der Waals surface area contributed by atoms with E-state index in [-0.39, 0.29) is 23.0 Å². The van der Waals surface area contributed by atoms with Crippen molar-refractivity contribution in [2.45, 2.75) is 6.92 Å². The predicted octanol–water partition coefficient (Wildman–Crippen LogP) is 5.22. The van der Waals surface area contributed by atoms with Crippen LogP contribution in [0.15, 0.2) is 65.1 Å². The van der Waals surface area contributed by atoms with Gasteiger partial charge in [-0.2, -0.15) is 0 Å². The van der Waals surface area contributed by atoms with E-state index in [1.165, 1.54) is 10.6 Å². The van der Waals surface area contributed by atoms with Gasteiger partial charge in [0.25, 0.3) is 0 Å². The molecule has 5 aromatic rings. The number of H-pyrrole nitrogens is 1. The molecule has 0 aliphatic carbocycles. The molecule has 3 N–H and O–H groups in total. The molecule has 8 heteroatoms. The summed E-state index contributed by atoms with van der Waals surface area (Å²) in [5.41, 5.74) is 1.88. The van der Waals surface area contributed by atoms with Crippen molar-refractivity contribution in [1.29, 1.82) is 0 Å². The number of benzene rings is 2. The molecule has 0 saturated heterocycles. The second-order valence-corrected chi connectivity index (χ2v) is 7.44. The Morgan fingerprint density at radius 3 is 2.52 bits per heavy atom. The van der Waals surface area contributed by atoms with Crippen molar-refractivity contribution in [2.24, 2.45) is 0 Å². The number of nitrogens with zero attached hydrogens (tertiary/aromatic N) is 2. The molecule has 154 valence electrons. The number of hydrogen-bond acceptors (Lipinski definition) is 5. The fourth-order valence-electron chi connectivity index (χ4n) is 3.60. The molecule has 0 unspecified atom stereocenters. The fraction of sp³-hybridized carbons (Fsp3) is 0.0435. The Morgan fingerprint density at radius 1 is 1.06 bits per heavy atom. The van der Waals surface area contributed by atoms with E-state index in [0.29, 0.717) is 21.9 Å². The van der Waals surface area contributed by atoms with Crippen LogP contribution < -0.4 is 0 Å². The summed E-state index contributed by atoms with van der Waals surface area (Å²) in [4.78, 5) is 20.9. The number of imidazole rings is 1. The minimum absolute atomic E-state index is 0.0304. The molecule has 0 aliphatic heterocycles. The normalized spacial score (nSPS) is 11.3. The number of para-hydroxylation sites is 2. The SMILES string of the molecule is Cc1ccc(C(=O)c2c(O)c(O)n(-c3nc4ccccc4[nH]3)c2-c2ccccc2Cl)o1. The zero-order chi connectivity index (χ0) is 21.7. The molecule has 0 saturated carbocycles. The van der Waals surface area contributed by atoms with Crippen molar-refractivity contribution in [3.05, 3.63) is 82.8 Å². The molecule has 0 radical (unpaired) electrons. The van der Waals surface area contributed by atoms with Crippen LogP contribution in [0.4, 0.5) is 0 Å². The van der Waals surface area contributed by atoms with Gasteiger partial charge in [-0.3, -0.25) is 4.79 Å². The van der Waals surface area contributed by atoms with Crippen molar-refractivity contribution < 1.29 is 19.4 Å². The van der Waals surface area contributed by atoms with Gasteiger partial charge < -0.3 is 19.6 Å². The summed E-state index contributed by atoms with van der Waals surface area (Å²) in [7, 11) is 0. The van der Waals surface area contributed by atoms with Gasteiger partial charge in [0.15, 0.2) is 11.5 Å². The minimum atomic E-state index is -0.592. The molecule has 7 nitrogen and oxygen atoms in total. The van der Waals surface area contributed by atoms with Gasteiger partial charge in [-0.15, -0.1) is 0 Å². The number of hydrogen-bond donors (Lipinski definition) is 3. The number of carbonyl (C=O) groups is 1. The molecular formula is C23H16ClN3O4. The molecule has 0 atom stereocenters. The third kappa shape index (κ3) is 2.98. The van der Waals surface area contributed by atoms with Crippen molar-refractivity contribution >= 4 is 28.4 Å². The number of furan rings is 1. The summed E-state index contributed by atoms with van der Waals surface area (Å²) < 4.78 is 6.75. The molecule has 0 amide bonds. The lowest BCUT2D eigenvalue weighted by atomic mass is 10.0. The number of aromatic hydroxyl groups is 2. The molecular weight excluding hydrogens is 418 g/mol. The number of nitrogens with one attached hydrogen (secondary N) is 1. The average Bonchev–Trinajstić information content (AvgIpc) is 3.44. The molecule has 0 fully saturated rings. The second-order valence-electron chi connectivity index (χ2n) is 7.03. The van der Waals surface area contributed by atoms with E-state index < -0.39 is 17.4 Å². The smallest absolute Gasteiger partial charge is 0.242 e. The first-order chi connectivity index (χ1) is 15.0. The van der Waals surface area contributed by atoms with Crippen molar-refractivity contribution in [2.75, 3.05) is 0 Å². The molecule has 3 heterocycles. The van der Waals surface area contributed by atoms with E-state index in [1.54, 1.807) is 37.3 Å². The van der Waals surface area contributed by atoms with Gasteiger partial charge in [-0.05, 0) is 37.3 Å². The lowest BCUT2D eigenvalue weighted by Crippen LogP contribution is -2.05. The van der Waals surface area contributed by atoms with E-state index in [2.05, 4.69) is 9.97 Å². The number of carbonyl (C=O) groups excluding carboxylic acids is 1. The van der Waals surface area contributed by atoms with Gasteiger partial charge in [0.05, 0.1) is 22.3 Å². The first-order valence-corrected chi connectivity index (χ1v) is 9.81.